The molecule has 18 heavy (non-hydrogen) atoms. The number of aromatic nitrogens is 2. The van der Waals surface area contributed by atoms with E-state index in [1.165, 1.54) is 17.5 Å². The number of benzene rings is 1. The van der Waals surface area contributed by atoms with Crippen molar-refractivity contribution in [2.45, 2.75) is 11.9 Å². The van der Waals surface area contributed by atoms with Crippen LogP contribution in [0.2, 0.25) is 5.02 Å². The lowest BCUT2D eigenvalue weighted by Gasteiger charge is -2.18. The molecule has 0 radical (unpaired) electrons. The molecule has 5 nitrogen and oxygen atoms in total. The maximum Gasteiger partial charge on any atom is 0.281 e. The quantitative estimate of drug-likeness (QED) is 0.940. The van der Waals surface area contributed by atoms with Crippen molar-refractivity contribution in [3.63, 3.8) is 0 Å². The van der Waals surface area contributed by atoms with Crippen LogP contribution in [0.1, 0.15) is 5.82 Å². The first-order valence-corrected chi connectivity index (χ1v) is 6.99. The minimum atomic E-state index is -3.61. The van der Waals surface area contributed by atoms with Gasteiger partial charge in [0.25, 0.3) is 10.0 Å². The van der Waals surface area contributed by atoms with E-state index in [4.69, 9.17) is 11.6 Å². The van der Waals surface area contributed by atoms with Crippen molar-refractivity contribution in [2.24, 2.45) is 0 Å². The molecular weight excluding hydrogens is 274 g/mol. The molecule has 2 rings (SSSR count). The molecule has 0 fully saturated rings. The second kappa shape index (κ2) is 4.62. The number of rotatable bonds is 3. The lowest BCUT2D eigenvalue weighted by Crippen LogP contribution is -2.26. The van der Waals surface area contributed by atoms with Crippen molar-refractivity contribution in [1.82, 2.24) is 9.97 Å². The Balaban J connectivity index is 2.39. The Morgan fingerprint density at radius 3 is 2.39 bits per heavy atom. The van der Waals surface area contributed by atoms with Crippen LogP contribution >= 0.6 is 11.6 Å². The summed E-state index contributed by atoms with van der Waals surface area (Å²) < 4.78 is 25.7. The first-order chi connectivity index (χ1) is 8.41. The zero-order chi connectivity index (χ0) is 13.3. The Morgan fingerprint density at radius 2 is 1.89 bits per heavy atom. The van der Waals surface area contributed by atoms with Gasteiger partial charge in [0.15, 0.2) is 5.03 Å². The van der Waals surface area contributed by atoms with Gasteiger partial charge in [-0.3, -0.25) is 4.31 Å². The number of nitrogens with zero attached hydrogens (tertiary/aromatic N) is 2. The molecule has 1 aromatic carbocycles. The Labute approximate surface area is 110 Å². The van der Waals surface area contributed by atoms with Crippen molar-refractivity contribution >= 4 is 27.3 Å². The zero-order valence-corrected chi connectivity index (χ0v) is 11.5. The third-order valence-corrected chi connectivity index (χ3v) is 4.46. The number of sulfonamides is 1. The molecule has 0 saturated carbocycles. The van der Waals surface area contributed by atoms with Crippen LogP contribution in [-0.2, 0) is 10.0 Å². The highest BCUT2D eigenvalue weighted by atomic mass is 35.5. The Kier molecular flexibility index (Phi) is 3.32. The van der Waals surface area contributed by atoms with Crippen molar-refractivity contribution in [2.75, 3.05) is 11.4 Å². The topological polar surface area (TPSA) is 66.1 Å². The van der Waals surface area contributed by atoms with Crippen LogP contribution in [0.5, 0.6) is 0 Å². The van der Waals surface area contributed by atoms with E-state index in [1.54, 1.807) is 31.2 Å². The van der Waals surface area contributed by atoms with Crippen LogP contribution in [0.15, 0.2) is 35.5 Å². The number of anilines is 1. The zero-order valence-electron chi connectivity index (χ0n) is 9.88. The van der Waals surface area contributed by atoms with Crippen LogP contribution in [-0.4, -0.2) is 25.4 Å². The first-order valence-electron chi connectivity index (χ1n) is 5.17. The fraction of sp³-hybridized carbons (Fsp3) is 0.182. The number of aromatic amines is 1. The SMILES string of the molecule is Cc1ncc(S(=O)(=O)N(C)c2ccc(Cl)cc2)[nH]1. The molecule has 0 saturated heterocycles. The van der Waals surface area contributed by atoms with Gasteiger partial charge in [-0.1, -0.05) is 11.6 Å². The van der Waals surface area contributed by atoms with Gasteiger partial charge >= 0.3 is 0 Å². The maximum atomic E-state index is 12.3. The van der Waals surface area contributed by atoms with Gasteiger partial charge in [-0.05, 0) is 31.2 Å². The summed E-state index contributed by atoms with van der Waals surface area (Å²) in [7, 11) is -2.13. The van der Waals surface area contributed by atoms with Crippen molar-refractivity contribution in [3.05, 3.63) is 41.3 Å². The van der Waals surface area contributed by atoms with E-state index in [1.807, 2.05) is 0 Å². The summed E-state index contributed by atoms with van der Waals surface area (Å²) in [4.78, 5) is 6.60. The molecule has 0 atom stereocenters. The van der Waals surface area contributed by atoms with Gasteiger partial charge in [-0.25, -0.2) is 4.98 Å². The predicted molar refractivity (Wildman–Crippen MR) is 70.4 cm³/mol. The summed E-state index contributed by atoms with van der Waals surface area (Å²) in [5.41, 5.74) is 0.534. The van der Waals surface area contributed by atoms with Gasteiger partial charge in [-0.2, -0.15) is 8.42 Å². The molecule has 0 unspecified atom stereocenters. The highest BCUT2D eigenvalue weighted by molar-refractivity contribution is 7.92. The Morgan fingerprint density at radius 1 is 1.28 bits per heavy atom. The maximum absolute atomic E-state index is 12.3. The van der Waals surface area contributed by atoms with E-state index in [2.05, 4.69) is 9.97 Å². The predicted octanol–water partition coefficient (Wildman–Crippen LogP) is 2.20. The first kappa shape index (κ1) is 12.9. The van der Waals surface area contributed by atoms with E-state index >= 15 is 0 Å². The van der Waals surface area contributed by atoms with Crippen LogP contribution in [0, 0.1) is 6.92 Å². The van der Waals surface area contributed by atoms with E-state index in [-0.39, 0.29) is 5.03 Å². The van der Waals surface area contributed by atoms with Crippen molar-refractivity contribution in [1.29, 1.82) is 0 Å². The highest BCUT2D eigenvalue weighted by Crippen LogP contribution is 2.22. The van der Waals surface area contributed by atoms with Gasteiger partial charge in [0.05, 0.1) is 11.9 Å². The van der Waals surface area contributed by atoms with Gasteiger partial charge in [-0.15, -0.1) is 0 Å². The fourth-order valence-electron chi connectivity index (χ4n) is 1.47. The van der Waals surface area contributed by atoms with Crippen LogP contribution in [0.4, 0.5) is 5.69 Å². The molecule has 1 heterocycles. The normalized spacial score (nSPS) is 11.5. The van der Waals surface area contributed by atoms with Gasteiger partial charge in [0, 0.05) is 12.1 Å². The van der Waals surface area contributed by atoms with Crippen LogP contribution < -0.4 is 4.31 Å². The average Bonchev–Trinajstić information content (AvgIpc) is 2.76. The molecule has 7 heteroatoms. The molecule has 0 spiro atoms. The summed E-state index contributed by atoms with van der Waals surface area (Å²) in [6, 6.07) is 6.56. The molecule has 96 valence electrons. The number of imidazole rings is 1. The number of H-pyrrole nitrogens is 1. The largest absolute Gasteiger partial charge is 0.332 e. The van der Waals surface area contributed by atoms with Crippen molar-refractivity contribution in [3.8, 4) is 0 Å². The van der Waals surface area contributed by atoms with Gasteiger partial charge in [0.1, 0.15) is 5.82 Å². The van der Waals surface area contributed by atoms with E-state index in [0.717, 1.165) is 0 Å². The number of aryl methyl sites for hydroxylation is 1. The minimum Gasteiger partial charge on any atom is -0.332 e. The van der Waals surface area contributed by atoms with E-state index in [0.29, 0.717) is 16.5 Å². The third kappa shape index (κ3) is 2.34. The molecule has 0 amide bonds. The fourth-order valence-corrected chi connectivity index (χ4v) is 2.75. The van der Waals surface area contributed by atoms with Crippen LogP contribution in [0.25, 0.3) is 0 Å². The second-order valence-corrected chi connectivity index (χ2v) is 6.16. The highest BCUT2D eigenvalue weighted by Gasteiger charge is 2.23. The summed E-state index contributed by atoms with van der Waals surface area (Å²) >= 11 is 5.77. The average molecular weight is 286 g/mol. The Hall–Kier alpha value is -1.53. The van der Waals surface area contributed by atoms with Gasteiger partial charge < -0.3 is 4.98 Å². The molecule has 0 bridgehead atoms. The van der Waals surface area contributed by atoms with Crippen LogP contribution in [0.3, 0.4) is 0 Å². The molecular formula is C11H12ClN3O2S. The molecule has 2 aromatic rings. The standard InChI is InChI=1S/C11H12ClN3O2S/c1-8-13-7-11(14-8)18(16,17)15(2)10-5-3-9(12)4-6-10/h3-7H,1-2H3,(H,13,14). The summed E-state index contributed by atoms with van der Waals surface area (Å²) in [5, 5.41) is 0.624. The Bertz CT molecular complexity index is 649. The number of halogens is 1. The van der Waals surface area contributed by atoms with Gasteiger partial charge in [0.2, 0.25) is 0 Å². The molecule has 0 aliphatic heterocycles. The number of hydrogen-bond acceptors (Lipinski definition) is 3. The molecule has 1 aromatic heterocycles. The summed E-state index contributed by atoms with van der Waals surface area (Å²) in [6.45, 7) is 1.70. The lowest BCUT2D eigenvalue weighted by atomic mass is 10.3. The number of hydrogen-bond donors (Lipinski definition) is 1. The van der Waals surface area contributed by atoms with E-state index in [9.17, 15) is 8.42 Å². The summed E-state index contributed by atoms with van der Waals surface area (Å²) in [5.74, 6) is 0.554. The summed E-state index contributed by atoms with van der Waals surface area (Å²) in [6.07, 6.45) is 1.30. The molecule has 0 aliphatic rings. The minimum absolute atomic E-state index is 0.0671. The monoisotopic (exact) mass is 285 g/mol. The number of nitrogens with one attached hydrogen (secondary N) is 1. The lowest BCUT2D eigenvalue weighted by molar-refractivity contribution is 0.591. The molecule has 0 aliphatic carbocycles. The molecule has 1 N–H and O–H groups in total. The van der Waals surface area contributed by atoms with E-state index < -0.39 is 10.0 Å². The third-order valence-electron chi connectivity index (χ3n) is 2.51. The van der Waals surface area contributed by atoms with Crippen molar-refractivity contribution < 1.29 is 8.42 Å². The smallest absolute Gasteiger partial charge is 0.281 e. The second-order valence-electron chi connectivity index (χ2n) is 3.78.